The van der Waals surface area contributed by atoms with E-state index in [1.165, 1.54) is 0 Å². The molecule has 4 aliphatic heterocycles. The van der Waals surface area contributed by atoms with Crippen LogP contribution in [-0.4, -0.2) is 84.7 Å². The normalized spacial score (nSPS) is 20.0. The SMILES string of the molecule is Cc1c(COc2cc(OCc3cccc(C#N)c3)c(CN3CCCCC3C(=O)NCCNC(=O)CCCC[C@H]3SC[C@H]4NC(=O)N[C@H]43)cc2Cl)cccc1-c1ccc2c(c1)OCCO2. The number of urea groups is 1. The molecule has 0 bridgehead atoms. The van der Waals surface area contributed by atoms with E-state index < -0.39 is 0 Å². The standard InChI is InChI=1S/C49H55ClN6O7S/c1-31-35(10-7-11-37(31)34-15-16-41-44(24-34)61-21-20-60-41)29-63-43-25-42(62-28-33-9-6-8-32(22-33)26-51)36(23-38(43)50)27-56-19-5-4-12-40(56)48(58)53-18-17-52-46(57)14-3-2-13-45-47-39(30-64-45)54-49(59)55-47/h6-11,15-16,22-25,39-40,45,47H,2-5,12-14,17-21,27-30H2,1H3,(H,52,57)(H,53,58)(H2,54,55,59)/t39-,40?,45-,47-/m1/s1. The van der Waals surface area contributed by atoms with Crippen LogP contribution in [0.25, 0.3) is 11.1 Å². The van der Waals surface area contributed by atoms with Crippen LogP contribution in [0.15, 0.2) is 72.8 Å². The molecule has 3 saturated heterocycles. The Labute approximate surface area is 383 Å². The van der Waals surface area contributed by atoms with Crippen LogP contribution in [0.1, 0.15) is 72.8 Å². The molecule has 0 radical (unpaired) electrons. The fraction of sp³-hybridized carbons (Fsp3) is 0.429. The third-order valence-electron chi connectivity index (χ3n) is 12.4. The van der Waals surface area contributed by atoms with Gasteiger partial charge in [0.2, 0.25) is 11.8 Å². The predicted octanol–water partition coefficient (Wildman–Crippen LogP) is 7.43. The largest absolute Gasteiger partial charge is 0.488 e. The number of unbranched alkanes of at least 4 members (excludes halogenated alkanes) is 1. The number of fused-ring (bicyclic) bond motifs is 2. The summed E-state index contributed by atoms with van der Waals surface area (Å²) in [5.41, 5.74) is 6.35. The van der Waals surface area contributed by atoms with Gasteiger partial charge in [0.25, 0.3) is 0 Å². The zero-order chi connectivity index (χ0) is 44.4. The molecule has 4 N–H and O–H groups in total. The summed E-state index contributed by atoms with van der Waals surface area (Å²) < 4.78 is 24.5. The highest BCUT2D eigenvalue weighted by molar-refractivity contribution is 8.00. The molecular weight excluding hydrogens is 852 g/mol. The Balaban J connectivity index is 0.883. The van der Waals surface area contributed by atoms with E-state index in [9.17, 15) is 19.6 Å². The van der Waals surface area contributed by atoms with Gasteiger partial charge in [-0.15, -0.1) is 0 Å². The molecule has 15 heteroatoms. The van der Waals surface area contributed by atoms with E-state index >= 15 is 0 Å². The Hall–Kier alpha value is -5.62. The number of rotatable bonds is 18. The molecule has 0 spiro atoms. The number of nitrogens with one attached hydrogen (secondary N) is 4. The third kappa shape index (κ3) is 11.2. The van der Waals surface area contributed by atoms with Gasteiger partial charge in [0.05, 0.1) is 34.8 Å². The number of ether oxygens (including phenoxy) is 4. The van der Waals surface area contributed by atoms with Crippen molar-refractivity contribution >= 4 is 41.2 Å². The first-order valence-corrected chi connectivity index (χ1v) is 23.7. The first-order chi connectivity index (χ1) is 31.2. The van der Waals surface area contributed by atoms with Gasteiger partial charge in [-0.25, -0.2) is 4.79 Å². The molecule has 4 amide bonds. The smallest absolute Gasteiger partial charge is 0.315 e. The van der Waals surface area contributed by atoms with E-state index in [-0.39, 0.29) is 49.2 Å². The minimum atomic E-state index is -0.364. The number of halogens is 1. The summed E-state index contributed by atoms with van der Waals surface area (Å²) in [6.45, 7) is 5.43. The Morgan fingerprint density at radius 1 is 0.922 bits per heavy atom. The summed E-state index contributed by atoms with van der Waals surface area (Å²) in [7, 11) is 0. The number of amides is 4. The molecule has 64 heavy (non-hydrogen) atoms. The summed E-state index contributed by atoms with van der Waals surface area (Å²) in [6.07, 6.45) is 5.66. The minimum Gasteiger partial charge on any atom is -0.488 e. The van der Waals surface area contributed by atoms with Gasteiger partial charge in [-0.05, 0) is 97.3 Å². The fourth-order valence-corrected chi connectivity index (χ4v) is 10.7. The van der Waals surface area contributed by atoms with Crippen molar-refractivity contribution in [3.8, 4) is 40.2 Å². The Morgan fingerprint density at radius 3 is 2.62 bits per heavy atom. The maximum absolute atomic E-state index is 13.7. The van der Waals surface area contributed by atoms with Crippen molar-refractivity contribution in [2.75, 3.05) is 38.6 Å². The molecule has 4 heterocycles. The summed E-state index contributed by atoms with van der Waals surface area (Å²) in [4.78, 5) is 40.1. The molecule has 0 aromatic heterocycles. The number of nitrogens with zero attached hydrogens (tertiary/aromatic N) is 2. The number of nitriles is 1. The van der Waals surface area contributed by atoms with E-state index in [0.29, 0.717) is 73.0 Å². The Bertz CT molecular complexity index is 2380. The lowest BCUT2D eigenvalue weighted by atomic mass is 9.96. The maximum atomic E-state index is 13.7. The van der Waals surface area contributed by atoms with Gasteiger partial charge in [-0.1, -0.05) is 60.8 Å². The van der Waals surface area contributed by atoms with Crippen molar-refractivity contribution in [3.05, 3.63) is 106 Å². The van der Waals surface area contributed by atoms with Gasteiger partial charge in [0.1, 0.15) is 37.9 Å². The molecule has 4 atom stereocenters. The van der Waals surface area contributed by atoms with Crippen LogP contribution < -0.4 is 40.2 Å². The number of carbonyl (C=O) groups excluding carboxylic acids is 3. The van der Waals surface area contributed by atoms with Gasteiger partial charge >= 0.3 is 6.03 Å². The van der Waals surface area contributed by atoms with Crippen molar-refractivity contribution in [1.29, 1.82) is 5.26 Å². The van der Waals surface area contributed by atoms with E-state index in [1.807, 2.05) is 66.4 Å². The minimum absolute atomic E-state index is 0.0299. The van der Waals surface area contributed by atoms with E-state index in [2.05, 4.69) is 45.2 Å². The van der Waals surface area contributed by atoms with Crippen LogP contribution in [0.4, 0.5) is 4.79 Å². The lowest BCUT2D eigenvalue weighted by molar-refractivity contribution is -0.128. The first kappa shape index (κ1) is 45.0. The fourth-order valence-electron chi connectivity index (χ4n) is 8.92. The number of hydrogen-bond donors (Lipinski definition) is 4. The number of carbonyl (C=O) groups is 3. The second kappa shape index (κ2) is 21.4. The third-order valence-corrected chi connectivity index (χ3v) is 14.2. The number of thioether (sulfide) groups is 1. The Kier molecular flexibility index (Phi) is 15.0. The van der Waals surface area contributed by atoms with Gasteiger partial charge in [0, 0.05) is 48.7 Å². The number of benzene rings is 4. The van der Waals surface area contributed by atoms with E-state index in [4.69, 9.17) is 30.5 Å². The second-order valence-corrected chi connectivity index (χ2v) is 18.4. The molecule has 0 aliphatic carbocycles. The van der Waals surface area contributed by atoms with Crippen LogP contribution in [0.2, 0.25) is 5.02 Å². The van der Waals surface area contributed by atoms with Gasteiger partial charge in [-0.3, -0.25) is 14.5 Å². The van der Waals surface area contributed by atoms with E-state index in [1.54, 1.807) is 12.1 Å². The van der Waals surface area contributed by atoms with Crippen LogP contribution in [0, 0.1) is 18.3 Å². The monoisotopic (exact) mass is 906 g/mol. The molecule has 4 aliphatic rings. The summed E-state index contributed by atoms with van der Waals surface area (Å²) >= 11 is 8.87. The van der Waals surface area contributed by atoms with Gasteiger partial charge < -0.3 is 40.2 Å². The maximum Gasteiger partial charge on any atom is 0.315 e. The average molecular weight is 908 g/mol. The van der Waals surface area contributed by atoms with Gasteiger partial charge in [-0.2, -0.15) is 17.0 Å². The predicted molar refractivity (Wildman–Crippen MR) is 247 cm³/mol. The summed E-state index contributed by atoms with van der Waals surface area (Å²) in [5.74, 6) is 3.33. The molecule has 13 nitrogen and oxygen atoms in total. The topological polar surface area (TPSA) is 163 Å². The first-order valence-electron chi connectivity index (χ1n) is 22.2. The lowest BCUT2D eigenvalue weighted by Crippen LogP contribution is -2.50. The Morgan fingerprint density at radius 2 is 1.75 bits per heavy atom. The molecule has 3 fully saturated rings. The summed E-state index contributed by atoms with van der Waals surface area (Å²) in [6, 6.07) is 25.2. The van der Waals surface area contributed by atoms with Crippen LogP contribution in [0.3, 0.4) is 0 Å². The van der Waals surface area contributed by atoms with Crippen molar-refractivity contribution < 1.29 is 33.3 Å². The van der Waals surface area contributed by atoms with Crippen LogP contribution in [0.5, 0.6) is 23.0 Å². The van der Waals surface area contributed by atoms with Crippen molar-refractivity contribution in [2.45, 2.75) is 95.0 Å². The molecule has 1 unspecified atom stereocenters. The summed E-state index contributed by atoms with van der Waals surface area (Å²) in [5, 5.41) is 22.3. The van der Waals surface area contributed by atoms with Crippen molar-refractivity contribution in [1.82, 2.24) is 26.2 Å². The lowest BCUT2D eigenvalue weighted by Gasteiger charge is -2.35. The zero-order valence-corrected chi connectivity index (χ0v) is 37.7. The molecule has 336 valence electrons. The second-order valence-electron chi connectivity index (χ2n) is 16.7. The zero-order valence-electron chi connectivity index (χ0n) is 36.1. The highest BCUT2D eigenvalue weighted by Gasteiger charge is 2.42. The van der Waals surface area contributed by atoms with Crippen molar-refractivity contribution in [2.24, 2.45) is 0 Å². The number of piperidine rings is 1. The number of hydrogen-bond acceptors (Lipinski definition) is 10. The quantitative estimate of drug-likeness (QED) is 0.0584. The molecule has 0 saturated carbocycles. The molecular formula is C49H55ClN6O7S. The van der Waals surface area contributed by atoms with Gasteiger partial charge in [0.15, 0.2) is 11.5 Å². The number of likely N-dealkylation sites (tertiary alicyclic amines) is 1. The highest BCUT2D eigenvalue weighted by Crippen LogP contribution is 2.39. The van der Waals surface area contributed by atoms with Crippen LogP contribution in [-0.2, 0) is 29.3 Å². The average Bonchev–Trinajstić information content (AvgIpc) is 3.87. The molecule has 4 aromatic rings. The van der Waals surface area contributed by atoms with Crippen LogP contribution >= 0.6 is 23.4 Å². The molecule has 8 rings (SSSR count). The highest BCUT2D eigenvalue weighted by atomic mass is 35.5. The van der Waals surface area contributed by atoms with E-state index in [0.717, 1.165) is 89.3 Å². The molecule has 4 aromatic carbocycles. The van der Waals surface area contributed by atoms with Crippen molar-refractivity contribution in [3.63, 3.8) is 0 Å².